The average Bonchev–Trinajstić information content (AvgIpc) is 2.80. The van der Waals surface area contributed by atoms with Gasteiger partial charge < -0.3 is 15.2 Å². The number of rotatable bonds is 2. The van der Waals surface area contributed by atoms with Crippen molar-refractivity contribution in [2.45, 2.75) is 6.10 Å². The Bertz CT molecular complexity index is 656. The van der Waals surface area contributed by atoms with Gasteiger partial charge in [0.2, 0.25) is 0 Å². The molecule has 1 amide bonds. The molecular weight excluding hydrogens is 342 g/mol. The highest BCUT2D eigenvalue weighted by Crippen LogP contribution is 2.31. The molecule has 6 heteroatoms. The molecule has 1 aliphatic rings. The third-order valence-corrected chi connectivity index (χ3v) is 4.64. The highest BCUT2D eigenvalue weighted by atomic mass is 79.9. The van der Waals surface area contributed by atoms with Crippen LogP contribution in [0, 0.1) is 0 Å². The molecule has 1 atom stereocenters. The monoisotopic (exact) mass is 353 g/mol. The van der Waals surface area contributed by atoms with E-state index in [9.17, 15) is 9.90 Å². The standard InChI is InChI=1S/C14H12BrNO3S/c15-12-6-9(7-20-12)13(17)8-1-2-11-10(5-8)14(18)16-3-4-19-11/h1-2,5-7,13,17H,3-4H2,(H,16,18). The molecule has 2 N–H and O–H groups in total. The van der Waals surface area contributed by atoms with Crippen LogP contribution in [0.3, 0.4) is 0 Å². The van der Waals surface area contributed by atoms with Gasteiger partial charge in [-0.25, -0.2) is 0 Å². The minimum atomic E-state index is -0.751. The topological polar surface area (TPSA) is 58.6 Å². The van der Waals surface area contributed by atoms with Crippen molar-refractivity contribution in [1.82, 2.24) is 5.32 Å². The predicted molar refractivity (Wildman–Crippen MR) is 80.4 cm³/mol. The van der Waals surface area contributed by atoms with Crippen molar-refractivity contribution >= 4 is 33.2 Å². The van der Waals surface area contributed by atoms with E-state index in [0.717, 1.165) is 9.35 Å². The second-order valence-electron chi connectivity index (χ2n) is 4.45. The lowest BCUT2D eigenvalue weighted by Crippen LogP contribution is -2.24. The number of halogens is 1. The van der Waals surface area contributed by atoms with Crippen LogP contribution in [0.2, 0.25) is 0 Å². The van der Waals surface area contributed by atoms with Gasteiger partial charge in [0.05, 0.1) is 15.9 Å². The second kappa shape index (κ2) is 5.55. The van der Waals surface area contributed by atoms with Crippen molar-refractivity contribution < 1.29 is 14.6 Å². The molecule has 0 bridgehead atoms. The Labute approximate surface area is 128 Å². The molecule has 1 unspecified atom stereocenters. The Balaban J connectivity index is 1.97. The van der Waals surface area contributed by atoms with Crippen LogP contribution >= 0.6 is 27.3 Å². The number of benzene rings is 1. The van der Waals surface area contributed by atoms with Crippen LogP contribution in [0.5, 0.6) is 5.75 Å². The zero-order valence-electron chi connectivity index (χ0n) is 10.4. The number of ether oxygens (including phenoxy) is 1. The smallest absolute Gasteiger partial charge is 0.255 e. The van der Waals surface area contributed by atoms with Crippen molar-refractivity contribution in [2.24, 2.45) is 0 Å². The number of hydrogen-bond acceptors (Lipinski definition) is 4. The molecule has 1 aromatic carbocycles. The number of aliphatic hydroxyl groups excluding tert-OH is 1. The highest BCUT2D eigenvalue weighted by Gasteiger charge is 2.20. The Morgan fingerprint density at radius 2 is 2.20 bits per heavy atom. The van der Waals surface area contributed by atoms with Crippen LogP contribution < -0.4 is 10.1 Å². The summed E-state index contributed by atoms with van der Waals surface area (Å²) >= 11 is 4.89. The van der Waals surface area contributed by atoms with Crippen molar-refractivity contribution in [3.05, 3.63) is 50.1 Å². The summed E-state index contributed by atoms with van der Waals surface area (Å²) in [5.41, 5.74) is 1.94. The summed E-state index contributed by atoms with van der Waals surface area (Å²) < 4.78 is 6.45. The second-order valence-corrected chi connectivity index (χ2v) is 6.74. The Morgan fingerprint density at radius 3 is 2.95 bits per heavy atom. The Kier molecular flexibility index (Phi) is 3.78. The zero-order valence-corrected chi connectivity index (χ0v) is 12.8. The SMILES string of the molecule is O=C1NCCOc2ccc(C(O)c3csc(Br)c3)cc21. The fourth-order valence-electron chi connectivity index (χ4n) is 2.10. The number of nitrogens with one attached hydrogen (secondary N) is 1. The van der Waals surface area contributed by atoms with Crippen LogP contribution in [0.25, 0.3) is 0 Å². The van der Waals surface area contributed by atoms with Gasteiger partial charge in [0, 0.05) is 0 Å². The molecule has 0 saturated carbocycles. The maximum absolute atomic E-state index is 11.9. The highest BCUT2D eigenvalue weighted by molar-refractivity contribution is 9.11. The van der Waals surface area contributed by atoms with Gasteiger partial charge in [-0.3, -0.25) is 4.79 Å². The van der Waals surface area contributed by atoms with Crippen LogP contribution in [0.4, 0.5) is 0 Å². The molecular formula is C14H12BrNO3S. The van der Waals surface area contributed by atoms with Gasteiger partial charge in [-0.15, -0.1) is 11.3 Å². The summed E-state index contributed by atoms with van der Waals surface area (Å²) in [5.74, 6) is 0.389. The first-order chi connectivity index (χ1) is 9.65. The van der Waals surface area contributed by atoms with Crippen molar-refractivity contribution in [3.8, 4) is 5.75 Å². The summed E-state index contributed by atoms with van der Waals surface area (Å²) in [5, 5.41) is 15.0. The fraction of sp³-hybridized carbons (Fsp3) is 0.214. The molecule has 3 rings (SSSR count). The third-order valence-electron chi connectivity index (χ3n) is 3.11. The molecule has 0 fully saturated rings. The molecule has 2 heterocycles. The molecule has 0 saturated heterocycles. The average molecular weight is 354 g/mol. The predicted octanol–water partition coefficient (Wildman–Crippen LogP) is 2.71. The van der Waals surface area contributed by atoms with Crippen molar-refractivity contribution in [2.75, 3.05) is 13.2 Å². The van der Waals surface area contributed by atoms with Crippen molar-refractivity contribution in [3.63, 3.8) is 0 Å². The lowest BCUT2D eigenvalue weighted by molar-refractivity contribution is 0.0957. The molecule has 0 aliphatic carbocycles. The van der Waals surface area contributed by atoms with Gasteiger partial charge in [-0.05, 0) is 50.6 Å². The van der Waals surface area contributed by atoms with Gasteiger partial charge >= 0.3 is 0 Å². The van der Waals surface area contributed by atoms with E-state index in [-0.39, 0.29) is 5.91 Å². The Morgan fingerprint density at radius 1 is 1.35 bits per heavy atom. The van der Waals surface area contributed by atoms with E-state index in [1.807, 2.05) is 11.4 Å². The number of thiophene rings is 1. The van der Waals surface area contributed by atoms with Gasteiger partial charge in [0.1, 0.15) is 18.5 Å². The molecule has 0 radical (unpaired) electrons. The zero-order chi connectivity index (χ0) is 14.1. The quantitative estimate of drug-likeness (QED) is 0.872. The normalized spacial score (nSPS) is 15.8. The number of aliphatic hydroxyl groups is 1. The molecule has 1 aliphatic heterocycles. The first-order valence-corrected chi connectivity index (χ1v) is 7.79. The van der Waals surface area contributed by atoms with Crippen LogP contribution in [-0.2, 0) is 0 Å². The fourth-order valence-corrected chi connectivity index (χ4v) is 3.30. The summed E-state index contributed by atoms with van der Waals surface area (Å²) in [6, 6.07) is 7.08. The van der Waals surface area contributed by atoms with Crippen LogP contribution in [0.15, 0.2) is 33.4 Å². The van der Waals surface area contributed by atoms with E-state index in [2.05, 4.69) is 21.2 Å². The molecule has 104 valence electrons. The molecule has 4 nitrogen and oxygen atoms in total. The number of carbonyl (C=O) groups excluding carboxylic acids is 1. The van der Waals surface area contributed by atoms with E-state index in [4.69, 9.17) is 4.74 Å². The summed E-state index contributed by atoms with van der Waals surface area (Å²) in [6.45, 7) is 0.945. The van der Waals surface area contributed by atoms with Gasteiger partial charge in [0.25, 0.3) is 5.91 Å². The summed E-state index contributed by atoms with van der Waals surface area (Å²) in [7, 11) is 0. The summed E-state index contributed by atoms with van der Waals surface area (Å²) in [6.07, 6.45) is -0.751. The maximum atomic E-state index is 11.9. The van der Waals surface area contributed by atoms with Gasteiger partial charge in [-0.2, -0.15) is 0 Å². The summed E-state index contributed by atoms with van der Waals surface area (Å²) in [4.78, 5) is 11.9. The first-order valence-electron chi connectivity index (χ1n) is 6.12. The van der Waals surface area contributed by atoms with E-state index >= 15 is 0 Å². The largest absolute Gasteiger partial charge is 0.491 e. The van der Waals surface area contributed by atoms with E-state index < -0.39 is 6.10 Å². The van der Waals surface area contributed by atoms with Crippen molar-refractivity contribution in [1.29, 1.82) is 0 Å². The number of fused-ring (bicyclic) bond motifs is 1. The lowest BCUT2D eigenvalue weighted by atomic mass is 10.0. The number of amides is 1. The maximum Gasteiger partial charge on any atom is 0.255 e. The molecule has 20 heavy (non-hydrogen) atoms. The minimum absolute atomic E-state index is 0.168. The number of carbonyl (C=O) groups is 1. The first kappa shape index (κ1) is 13.6. The van der Waals surface area contributed by atoms with Gasteiger partial charge in [0.15, 0.2) is 0 Å². The molecule has 2 aromatic rings. The lowest BCUT2D eigenvalue weighted by Gasteiger charge is -2.12. The van der Waals surface area contributed by atoms with E-state index in [1.165, 1.54) is 11.3 Å². The van der Waals surface area contributed by atoms with Crippen LogP contribution in [0.1, 0.15) is 27.6 Å². The van der Waals surface area contributed by atoms with E-state index in [0.29, 0.717) is 30.0 Å². The Hall–Kier alpha value is -1.37. The molecule has 0 spiro atoms. The molecule has 1 aromatic heterocycles. The van der Waals surface area contributed by atoms with Crippen LogP contribution in [-0.4, -0.2) is 24.2 Å². The van der Waals surface area contributed by atoms with Gasteiger partial charge in [-0.1, -0.05) is 6.07 Å². The third kappa shape index (κ3) is 2.59. The minimum Gasteiger partial charge on any atom is -0.491 e. The number of hydrogen-bond donors (Lipinski definition) is 2. The van der Waals surface area contributed by atoms with E-state index in [1.54, 1.807) is 18.2 Å².